The Balaban J connectivity index is 1.40. The van der Waals surface area contributed by atoms with Crippen LogP contribution in [0.15, 0.2) is 27.9 Å². The van der Waals surface area contributed by atoms with Crippen molar-refractivity contribution >= 4 is 34.9 Å². The van der Waals surface area contributed by atoms with Crippen LogP contribution in [0.25, 0.3) is 0 Å². The van der Waals surface area contributed by atoms with Gasteiger partial charge in [0.05, 0.1) is 37.7 Å². The van der Waals surface area contributed by atoms with Gasteiger partial charge in [0, 0.05) is 31.6 Å². The molecule has 168 valence electrons. The molecule has 0 aliphatic carbocycles. The Bertz CT molecular complexity index is 905. The number of nitrogens with one attached hydrogen (secondary N) is 1. The summed E-state index contributed by atoms with van der Waals surface area (Å²) in [6, 6.07) is 6.23. The van der Waals surface area contributed by atoms with Crippen molar-refractivity contribution in [3.8, 4) is 5.75 Å². The molecule has 1 aliphatic heterocycles. The van der Waals surface area contributed by atoms with Crippen molar-refractivity contribution in [2.75, 3.05) is 39.1 Å². The fraction of sp³-hybridized carbons (Fsp3) is 0.476. The summed E-state index contributed by atoms with van der Waals surface area (Å²) in [6.07, 6.45) is 0.0820. The van der Waals surface area contributed by atoms with Gasteiger partial charge in [-0.25, -0.2) is 4.98 Å². The number of rotatable bonds is 10. The van der Waals surface area contributed by atoms with Gasteiger partial charge in [-0.1, -0.05) is 23.9 Å². The Morgan fingerprint density at radius 2 is 2.29 bits per heavy atom. The molecule has 0 radical (unpaired) electrons. The lowest BCUT2D eigenvalue weighted by Gasteiger charge is -2.33. The van der Waals surface area contributed by atoms with E-state index in [0.29, 0.717) is 18.8 Å². The Morgan fingerprint density at radius 3 is 3.03 bits per heavy atom. The van der Waals surface area contributed by atoms with E-state index in [1.165, 1.54) is 28.7 Å². The molecule has 0 bridgehead atoms. The molecule has 0 saturated carbocycles. The van der Waals surface area contributed by atoms with Gasteiger partial charge < -0.3 is 20.5 Å². The molecule has 1 aromatic carbocycles. The zero-order valence-corrected chi connectivity index (χ0v) is 19.4. The first-order valence-corrected chi connectivity index (χ1v) is 11.9. The predicted molar refractivity (Wildman–Crippen MR) is 121 cm³/mol. The van der Waals surface area contributed by atoms with Gasteiger partial charge in [-0.15, -0.1) is 11.3 Å². The molecule has 2 amide bonds. The van der Waals surface area contributed by atoms with Crippen LogP contribution in [0, 0.1) is 6.92 Å². The number of ether oxygens (including phenoxy) is 2. The second-order valence-electron chi connectivity index (χ2n) is 7.37. The molecule has 2 aromatic rings. The summed E-state index contributed by atoms with van der Waals surface area (Å²) in [4.78, 5) is 29.8. The number of aryl methyl sites for hydroxylation is 1. The van der Waals surface area contributed by atoms with E-state index >= 15 is 0 Å². The second kappa shape index (κ2) is 11.5. The van der Waals surface area contributed by atoms with E-state index in [4.69, 9.17) is 15.2 Å². The minimum Gasteiger partial charge on any atom is -0.496 e. The van der Waals surface area contributed by atoms with E-state index in [9.17, 15) is 9.59 Å². The molecule has 31 heavy (non-hydrogen) atoms. The summed E-state index contributed by atoms with van der Waals surface area (Å²) in [5, 5.41) is 4.74. The average molecular weight is 465 g/mol. The highest BCUT2D eigenvalue weighted by Crippen LogP contribution is 2.23. The highest BCUT2D eigenvalue weighted by Gasteiger charge is 2.21. The van der Waals surface area contributed by atoms with Crippen LogP contribution in [0.2, 0.25) is 0 Å². The van der Waals surface area contributed by atoms with Gasteiger partial charge in [-0.05, 0) is 24.1 Å². The SMILES string of the molecule is COc1ccc(CN2CCO[C@@H](CNC(=O)CSc3nc(CC(N)=O)cs3)C2)cc1C. The molecular formula is C21H28N4O4S2. The molecule has 3 rings (SSSR count). The maximum Gasteiger partial charge on any atom is 0.230 e. The number of nitrogens with two attached hydrogens (primary N) is 1. The number of amides is 2. The smallest absolute Gasteiger partial charge is 0.230 e. The van der Waals surface area contributed by atoms with Crippen molar-refractivity contribution < 1.29 is 19.1 Å². The Labute approximate surface area is 190 Å². The molecule has 0 unspecified atom stereocenters. The maximum atomic E-state index is 12.2. The standard InChI is InChI=1S/C21H28N4O4S2/c1-14-7-15(3-4-18(14)28-2)10-25-5-6-29-17(11-25)9-23-20(27)13-31-21-24-16(12-30-21)8-19(22)26/h3-4,7,12,17H,5-6,8-11,13H2,1-2H3,(H2,22,26)(H,23,27)/t17-/m0/s1. The normalized spacial score (nSPS) is 16.8. The number of thiazole rings is 1. The van der Waals surface area contributed by atoms with E-state index in [1.807, 2.05) is 13.0 Å². The molecule has 1 fully saturated rings. The highest BCUT2D eigenvalue weighted by molar-refractivity contribution is 8.01. The molecule has 2 heterocycles. The molecule has 1 aliphatic rings. The van der Waals surface area contributed by atoms with Gasteiger partial charge in [0.25, 0.3) is 0 Å². The van der Waals surface area contributed by atoms with E-state index in [2.05, 4.69) is 27.3 Å². The first-order chi connectivity index (χ1) is 14.9. The van der Waals surface area contributed by atoms with Gasteiger partial charge in [-0.3, -0.25) is 14.5 Å². The number of hydrogen-bond acceptors (Lipinski definition) is 8. The number of carbonyl (C=O) groups is 2. The minimum atomic E-state index is -0.414. The summed E-state index contributed by atoms with van der Waals surface area (Å²) in [5.74, 6) is 0.683. The summed E-state index contributed by atoms with van der Waals surface area (Å²) >= 11 is 2.76. The van der Waals surface area contributed by atoms with Crippen LogP contribution in [-0.4, -0.2) is 66.9 Å². The van der Waals surface area contributed by atoms with Crippen LogP contribution in [-0.2, 0) is 27.3 Å². The summed E-state index contributed by atoms with van der Waals surface area (Å²) < 4.78 is 11.9. The molecule has 10 heteroatoms. The summed E-state index contributed by atoms with van der Waals surface area (Å²) in [7, 11) is 1.68. The zero-order chi connectivity index (χ0) is 22.2. The molecule has 1 atom stereocenters. The van der Waals surface area contributed by atoms with Crippen LogP contribution in [0.1, 0.15) is 16.8 Å². The summed E-state index contributed by atoms with van der Waals surface area (Å²) in [5.41, 5.74) is 8.17. The lowest BCUT2D eigenvalue weighted by Crippen LogP contribution is -2.47. The number of carbonyl (C=O) groups excluding carboxylic acids is 2. The Morgan fingerprint density at radius 1 is 1.45 bits per heavy atom. The third-order valence-corrected chi connectivity index (χ3v) is 6.90. The monoisotopic (exact) mass is 464 g/mol. The van der Waals surface area contributed by atoms with Crippen LogP contribution in [0.5, 0.6) is 5.75 Å². The lowest BCUT2D eigenvalue weighted by atomic mass is 10.1. The van der Waals surface area contributed by atoms with Gasteiger partial charge in [-0.2, -0.15) is 0 Å². The number of thioether (sulfide) groups is 1. The van der Waals surface area contributed by atoms with E-state index < -0.39 is 5.91 Å². The molecule has 3 N–H and O–H groups in total. The lowest BCUT2D eigenvalue weighted by molar-refractivity contribution is -0.120. The first kappa shape index (κ1) is 23.5. The average Bonchev–Trinajstić information content (AvgIpc) is 3.18. The van der Waals surface area contributed by atoms with Gasteiger partial charge in [0.1, 0.15) is 5.75 Å². The zero-order valence-electron chi connectivity index (χ0n) is 17.8. The van der Waals surface area contributed by atoms with E-state index in [1.54, 1.807) is 12.5 Å². The van der Waals surface area contributed by atoms with Crippen molar-refractivity contribution in [1.29, 1.82) is 0 Å². The number of morpholine rings is 1. The third-order valence-electron chi connectivity index (χ3n) is 4.83. The Kier molecular flexibility index (Phi) is 8.70. The van der Waals surface area contributed by atoms with Crippen molar-refractivity contribution in [3.05, 3.63) is 40.4 Å². The molecule has 1 saturated heterocycles. The third kappa shape index (κ3) is 7.49. The number of benzene rings is 1. The number of nitrogens with zero attached hydrogens (tertiary/aromatic N) is 2. The highest BCUT2D eigenvalue weighted by atomic mass is 32.2. The fourth-order valence-electron chi connectivity index (χ4n) is 3.36. The minimum absolute atomic E-state index is 0.0379. The van der Waals surface area contributed by atoms with Crippen LogP contribution in [0.3, 0.4) is 0 Å². The fourth-order valence-corrected chi connectivity index (χ4v) is 5.04. The van der Waals surface area contributed by atoms with Crippen molar-refractivity contribution in [1.82, 2.24) is 15.2 Å². The van der Waals surface area contributed by atoms with Crippen LogP contribution >= 0.6 is 23.1 Å². The molecule has 8 nitrogen and oxygen atoms in total. The number of hydrogen-bond donors (Lipinski definition) is 2. The quantitative estimate of drug-likeness (QED) is 0.514. The van der Waals surface area contributed by atoms with Crippen molar-refractivity contribution in [3.63, 3.8) is 0 Å². The Hall–Kier alpha value is -2.14. The molecule has 1 aromatic heterocycles. The van der Waals surface area contributed by atoms with E-state index in [0.717, 1.165) is 35.3 Å². The maximum absolute atomic E-state index is 12.2. The molecular weight excluding hydrogens is 436 g/mol. The topological polar surface area (TPSA) is 107 Å². The summed E-state index contributed by atoms with van der Waals surface area (Å²) in [6.45, 7) is 5.63. The largest absolute Gasteiger partial charge is 0.496 e. The predicted octanol–water partition coefficient (Wildman–Crippen LogP) is 1.60. The number of methoxy groups -OCH3 is 1. The van der Waals surface area contributed by atoms with Crippen molar-refractivity contribution in [2.24, 2.45) is 5.73 Å². The first-order valence-electron chi connectivity index (χ1n) is 10.0. The van der Waals surface area contributed by atoms with E-state index in [-0.39, 0.29) is 24.2 Å². The van der Waals surface area contributed by atoms with Gasteiger partial charge >= 0.3 is 0 Å². The molecule has 0 spiro atoms. The van der Waals surface area contributed by atoms with Gasteiger partial charge in [0.2, 0.25) is 11.8 Å². The van der Waals surface area contributed by atoms with Crippen LogP contribution in [0.4, 0.5) is 0 Å². The number of aromatic nitrogens is 1. The number of primary amides is 1. The second-order valence-corrected chi connectivity index (χ2v) is 9.45. The van der Waals surface area contributed by atoms with Crippen molar-refractivity contribution in [2.45, 2.75) is 30.3 Å². The van der Waals surface area contributed by atoms with Crippen LogP contribution < -0.4 is 15.8 Å². The van der Waals surface area contributed by atoms with Gasteiger partial charge in [0.15, 0.2) is 4.34 Å².